The van der Waals surface area contributed by atoms with Crippen LogP contribution in [0.1, 0.15) is 22.3 Å². The van der Waals surface area contributed by atoms with Crippen LogP contribution in [0.5, 0.6) is 11.5 Å². The third-order valence-electron chi connectivity index (χ3n) is 27.2. The smallest absolute Gasteiger partial charge is 0.290 e. The van der Waals surface area contributed by atoms with E-state index >= 15 is 0 Å². The van der Waals surface area contributed by atoms with Gasteiger partial charge < -0.3 is 31.9 Å². The highest BCUT2D eigenvalue weighted by molar-refractivity contribution is 7.13. The molecule has 23 aromatic rings. The molecule has 0 atom stereocenters. The second kappa shape index (κ2) is 25.8. The molecule has 18 aromatic carbocycles. The molecule has 0 fully saturated rings. The molecule has 0 N–H and O–H groups in total. The number of hydrogen-bond donors (Lipinski definition) is 0. The minimum atomic E-state index is -0.412. The zero-order valence-electron chi connectivity index (χ0n) is 65.9. The highest BCUT2D eigenvalue weighted by atomic mass is 16.5. The summed E-state index contributed by atoms with van der Waals surface area (Å²) in [5.41, 5.74) is 33.5. The summed E-state index contributed by atoms with van der Waals surface area (Å²) in [5.74, 6) is 1.66. The topological polar surface area (TPSA) is 70.0 Å². The maximum absolute atomic E-state index is 7.19. The summed E-state index contributed by atoms with van der Waals surface area (Å²) in [5, 5.41) is 14.4. The van der Waals surface area contributed by atoms with Crippen LogP contribution in [0.25, 0.3) is 126 Å². The van der Waals surface area contributed by atoms with Gasteiger partial charge in [0.15, 0.2) is 11.5 Å². The molecule has 2 aliphatic carbocycles. The molecule has 0 unspecified atom stereocenters. The molecule has 562 valence electrons. The van der Waals surface area contributed by atoms with E-state index in [0.29, 0.717) is 0 Å². The van der Waals surface area contributed by atoms with Gasteiger partial charge in [0.05, 0.1) is 50.5 Å². The molecule has 0 bridgehead atoms. The molecule has 28 rings (SSSR count). The number of aromatic nitrogens is 1. The summed E-state index contributed by atoms with van der Waals surface area (Å²) in [6.07, 6.45) is 0. The fourth-order valence-corrected chi connectivity index (χ4v) is 22.2. The van der Waals surface area contributed by atoms with Gasteiger partial charge in [0, 0.05) is 43.7 Å². The summed E-state index contributed by atoms with van der Waals surface area (Å²) < 4.78 is 37.2. The van der Waals surface area contributed by atoms with Crippen LogP contribution in [-0.2, 0) is 5.41 Å². The molecule has 3 aliphatic heterocycles. The Balaban J connectivity index is 0.000000129. The van der Waals surface area contributed by atoms with Crippen molar-refractivity contribution in [2.75, 3.05) is 4.90 Å². The number of para-hydroxylation sites is 10. The van der Waals surface area contributed by atoms with E-state index in [-0.39, 0.29) is 26.9 Å². The van der Waals surface area contributed by atoms with Crippen molar-refractivity contribution in [3.05, 3.63) is 423 Å². The van der Waals surface area contributed by atoms with Gasteiger partial charge in [-0.3, -0.25) is 0 Å². The Morgan fingerprint density at radius 3 is 1.01 bits per heavy atom. The average Bonchev–Trinajstić information content (AvgIpc) is 1.51. The summed E-state index contributed by atoms with van der Waals surface area (Å²) >= 11 is 0. The van der Waals surface area contributed by atoms with Crippen molar-refractivity contribution < 1.29 is 22.4 Å². The molecule has 0 radical (unpaired) electrons. The predicted molar refractivity (Wildman–Crippen MR) is 507 cm³/mol. The highest BCUT2D eigenvalue weighted by Gasteiger charge is 2.54. The van der Waals surface area contributed by atoms with Gasteiger partial charge in [-0.05, 0) is 208 Å². The van der Waals surface area contributed by atoms with E-state index in [4.69, 9.17) is 22.4 Å². The normalized spacial score (nSPS) is 13.6. The first-order valence-electron chi connectivity index (χ1n) is 42.2. The summed E-state index contributed by atoms with van der Waals surface area (Å²) in [7, 11) is 0. The SMILES string of the molecule is c1ccc2c(c1)Oc1ccccc1N2c1ccc(B2c3oc4ccccc4c3B(c3ccc4c(c3)-c3ccccc3C43c4ccccc4-c4ccccc43)c3oc4ccccc4c32)cc1.c1ccc2cc3cc4cc(B5c6oc7ccccc7c6B(c6ccc(-n7c8ccccc8c8ccccc87)cc6)c6oc7ccccc7c65)ccc4cc3cc2c1. The van der Waals surface area contributed by atoms with Crippen molar-refractivity contribution in [2.24, 2.45) is 0 Å². The number of fused-ring (bicyclic) bond motifs is 30. The van der Waals surface area contributed by atoms with Gasteiger partial charge in [-0.15, -0.1) is 0 Å². The molecule has 5 aliphatic rings. The van der Waals surface area contributed by atoms with Crippen LogP contribution in [0.2, 0.25) is 0 Å². The first-order chi connectivity index (χ1) is 60.5. The van der Waals surface area contributed by atoms with Gasteiger partial charge in [0.2, 0.25) is 0 Å². The van der Waals surface area contributed by atoms with E-state index in [2.05, 4.69) is 386 Å². The minimum Gasteiger partial charge on any atom is -0.471 e. The first kappa shape index (κ1) is 67.6. The number of hydrogen-bond acceptors (Lipinski definition) is 6. The highest BCUT2D eigenvalue weighted by Crippen LogP contribution is 2.63. The fraction of sp³-hybridized carbons (Fsp3) is 0.00901. The minimum absolute atomic E-state index is 0.157. The number of ether oxygens (including phenoxy) is 1. The third kappa shape index (κ3) is 9.56. The zero-order valence-corrected chi connectivity index (χ0v) is 65.9. The molecule has 1 spiro atoms. The lowest BCUT2D eigenvalue weighted by atomic mass is 9.24. The quantitative estimate of drug-likeness (QED) is 0.122. The second-order valence-electron chi connectivity index (χ2n) is 33.4. The van der Waals surface area contributed by atoms with Crippen LogP contribution >= 0.6 is 0 Å². The van der Waals surface area contributed by atoms with Crippen LogP contribution in [0.4, 0.5) is 17.1 Å². The largest absolute Gasteiger partial charge is 0.471 e. The van der Waals surface area contributed by atoms with Gasteiger partial charge >= 0.3 is 0 Å². The molecule has 0 saturated carbocycles. The number of anilines is 3. The Labute approximate surface area is 702 Å². The predicted octanol–water partition coefficient (Wildman–Crippen LogP) is 19.5. The monoisotopic (exact) mass is 1550 g/mol. The van der Waals surface area contributed by atoms with E-state index in [1.807, 2.05) is 24.3 Å². The van der Waals surface area contributed by atoms with Gasteiger partial charge in [0.1, 0.15) is 22.3 Å². The van der Waals surface area contributed by atoms with E-state index in [1.54, 1.807) is 0 Å². The Kier molecular flexibility index (Phi) is 14.3. The summed E-state index contributed by atoms with van der Waals surface area (Å²) in [4.78, 5) is 2.29. The van der Waals surface area contributed by atoms with Crippen molar-refractivity contribution in [3.63, 3.8) is 0 Å². The van der Waals surface area contributed by atoms with Crippen LogP contribution in [0.3, 0.4) is 0 Å². The van der Waals surface area contributed by atoms with Gasteiger partial charge in [0.25, 0.3) is 26.9 Å². The van der Waals surface area contributed by atoms with Gasteiger partial charge in [-0.2, -0.15) is 0 Å². The Morgan fingerprint density at radius 2 is 0.541 bits per heavy atom. The number of furan rings is 4. The summed E-state index contributed by atoms with van der Waals surface area (Å²) in [6.45, 7) is -0.747. The molecule has 7 nitrogen and oxygen atoms in total. The lowest BCUT2D eigenvalue weighted by Crippen LogP contribution is -2.73. The lowest BCUT2D eigenvalue weighted by molar-refractivity contribution is 0.477. The van der Waals surface area contributed by atoms with E-state index in [0.717, 1.165) is 117 Å². The molecule has 0 amide bonds. The Morgan fingerprint density at radius 1 is 0.221 bits per heavy atom. The van der Waals surface area contributed by atoms with Crippen molar-refractivity contribution in [3.8, 4) is 39.4 Å². The zero-order chi connectivity index (χ0) is 79.6. The van der Waals surface area contributed by atoms with Gasteiger partial charge in [-0.25, -0.2) is 0 Å². The Hall–Kier alpha value is -15.4. The van der Waals surface area contributed by atoms with E-state index < -0.39 is 5.41 Å². The van der Waals surface area contributed by atoms with Crippen LogP contribution in [0, 0.1) is 0 Å². The maximum atomic E-state index is 7.19. The van der Waals surface area contributed by atoms with Crippen molar-refractivity contribution in [2.45, 2.75) is 5.41 Å². The number of benzene rings is 18. The second-order valence-corrected chi connectivity index (χ2v) is 33.4. The lowest BCUT2D eigenvalue weighted by Gasteiger charge is -2.33. The van der Waals surface area contributed by atoms with Crippen molar-refractivity contribution >= 4 is 208 Å². The molecular weight excluding hydrogens is 1480 g/mol. The van der Waals surface area contributed by atoms with Crippen molar-refractivity contribution in [1.29, 1.82) is 0 Å². The molecule has 5 aromatic heterocycles. The molecule has 122 heavy (non-hydrogen) atoms. The number of nitrogens with zero attached hydrogens (tertiary/aromatic N) is 2. The molecular formula is C111H66B4N2O5. The van der Waals surface area contributed by atoms with Crippen LogP contribution in [0.15, 0.2) is 418 Å². The average molecular weight is 1550 g/mol. The molecule has 0 saturated heterocycles. The third-order valence-corrected chi connectivity index (χ3v) is 27.2. The molecule has 11 heteroatoms. The summed E-state index contributed by atoms with van der Waals surface area (Å²) in [6, 6.07) is 145. The van der Waals surface area contributed by atoms with Crippen LogP contribution < -0.4 is 76.0 Å². The van der Waals surface area contributed by atoms with Crippen molar-refractivity contribution in [1.82, 2.24) is 4.57 Å². The first-order valence-corrected chi connectivity index (χ1v) is 42.2. The van der Waals surface area contributed by atoms with Gasteiger partial charge in [-0.1, -0.05) is 313 Å². The Bertz CT molecular complexity index is 8240. The number of rotatable bonds is 6. The van der Waals surface area contributed by atoms with E-state index in [1.165, 1.54) is 126 Å². The molecule has 8 heterocycles. The van der Waals surface area contributed by atoms with E-state index in [9.17, 15) is 0 Å². The maximum Gasteiger partial charge on any atom is 0.290 e. The standard InChI is InChI=1S/C59H35B2NO3.C52H31B2NO2/c1-6-20-45-39(15-1)40-16-2-7-21-46(40)59(45)47-22-8-3-17-41(47)44-35-37(31-34-48(44)59)61-56-43-19-5-12-26-52(43)64-57(56)60(55-42-18-4-11-25-51(42)65-58(55)61)36-29-32-38(33-30-36)62-49-23-9-13-27-53(49)63-54-28-14-10-24-50(54)62;1-2-12-33-28-36-30-37-31-39(22-21-34(37)29-35(36)27-32(33)11-1)54-50-44-16-6-10-20-48(44)56-51(50)53(49-43-15-5-9-19-47(43)57-52(49)54)38-23-25-40(26-24-38)55-45-17-7-3-13-41(45)42-14-4-8-18-46(42)55/h1-35H;1-31H. The van der Waals surface area contributed by atoms with Crippen LogP contribution in [-0.4, -0.2) is 31.4 Å². The fourth-order valence-electron chi connectivity index (χ4n) is 22.2.